The molecule has 10 heteroatoms. The van der Waals surface area contributed by atoms with E-state index in [0.29, 0.717) is 0 Å². The van der Waals surface area contributed by atoms with Gasteiger partial charge in [-0.25, -0.2) is 9.59 Å². The standard InChI is InChI=1S/C17H18N2O8/c1-7(20)10-6-11(17(26)27)19-15(10)13(14(18-3)8(2)21)9(16(24)25)4-5-12(22)23/h4,6-7,19-21H,2-3,5H2,1H3,(H,22,23)(H,24,25)(H,26,27)/b9-4+,14-13+. The molecule has 1 aromatic rings. The van der Waals surface area contributed by atoms with E-state index in [9.17, 15) is 34.8 Å². The minimum atomic E-state index is -1.57. The smallest absolute Gasteiger partial charge is 0.352 e. The molecular weight excluding hydrogens is 360 g/mol. The lowest BCUT2D eigenvalue weighted by Gasteiger charge is -2.15. The van der Waals surface area contributed by atoms with Crippen LogP contribution >= 0.6 is 0 Å². The van der Waals surface area contributed by atoms with Crippen LogP contribution in [-0.4, -0.2) is 55.1 Å². The number of nitrogens with one attached hydrogen (secondary N) is 1. The number of carboxylic acids is 3. The molecule has 0 saturated carbocycles. The Bertz CT molecular complexity index is 873. The first-order valence-corrected chi connectivity index (χ1v) is 7.40. The minimum Gasteiger partial charge on any atom is -0.506 e. The van der Waals surface area contributed by atoms with E-state index < -0.39 is 47.5 Å². The van der Waals surface area contributed by atoms with Crippen LogP contribution in [0, 0.1) is 0 Å². The molecule has 0 aromatic carbocycles. The molecule has 27 heavy (non-hydrogen) atoms. The number of aliphatic carboxylic acids is 2. The summed E-state index contributed by atoms with van der Waals surface area (Å²) in [4.78, 5) is 39.8. The van der Waals surface area contributed by atoms with Crippen molar-refractivity contribution in [2.24, 2.45) is 4.99 Å². The summed E-state index contributed by atoms with van der Waals surface area (Å²) in [5.74, 6) is -4.97. The van der Waals surface area contributed by atoms with Crippen molar-refractivity contribution >= 4 is 30.2 Å². The SMILES string of the molecule is C=N/C(C(=C)O)=C(\C(=C/CC(=O)O)C(=O)O)c1[nH]c(C(=O)O)cc1C(C)O. The highest BCUT2D eigenvalue weighted by atomic mass is 16.4. The molecule has 0 saturated heterocycles. The number of carboxylic acid groups (broad SMARTS) is 3. The predicted molar refractivity (Wildman–Crippen MR) is 94.6 cm³/mol. The first-order valence-electron chi connectivity index (χ1n) is 7.40. The molecule has 10 nitrogen and oxygen atoms in total. The first-order chi connectivity index (χ1) is 12.5. The number of nitrogens with zero attached hydrogens (tertiary/aromatic N) is 1. The number of carbonyl (C=O) groups is 3. The fourth-order valence-corrected chi connectivity index (χ4v) is 2.30. The Labute approximate surface area is 153 Å². The summed E-state index contributed by atoms with van der Waals surface area (Å²) >= 11 is 0. The molecule has 1 atom stereocenters. The Balaban J connectivity index is 3.97. The lowest BCUT2D eigenvalue weighted by molar-refractivity contribution is -0.136. The fraction of sp³-hybridized carbons (Fsp3) is 0.176. The van der Waals surface area contributed by atoms with E-state index in [1.807, 2.05) is 0 Å². The zero-order chi connectivity index (χ0) is 20.9. The van der Waals surface area contributed by atoms with E-state index in [0.717, 1.165) is 12.1 Å². The van der Waals surface area contributed by atoms with Crippen molar-refractivity contribution in [3.8, 4) is 0 Å². The predicted octanol–water partition coefficient (Wildman–Crippen LogP) is 1.74. The van der Waals surface area contributed by atoms with E-state index in [1.165, 1.54) is 6.92 Å². The number of aromatic nitrogens is 1. The number of aliphatic hydroxyl groups excluding tert-OH is 2. The number of rotatable bonds is 9. The lowest BCUT2D eigenvalue weighted by Crippen LogP contribution is -2.10. The van der Waals surface area contributed by atoms with Gasteiger partial charge in [0.2, 0.25) is 0 Å². The second-order valence-corrected chi connectivity index (χ2v) is 5.34. The zero-order valence-electron chi connectivity index (χ0n) is 14.3. The Morgan fingerprint density at radius 2 is 1.85 bits per heavy atom. The maximum atomic E-state index is 11.7. The third-order valence-electron chi connectivity index (χ3n) is 3.43. The number of aromatic carboxylic acids is 1. The van der Waals surface area contributed by atoms with Crippen LogP contribution in [0.3, 0.4) is 0 Å². The third kappa shape index (κ3) is 4.92. The van der Waals surface area contributed by atoms with Crippen molar-refractivity contribution in [3.05, 3.63) is 52.7 Å². The summed E-state index contributed by atoms with van der Waals surface area (Å²) in [6.45, 7) is 7.80. The molecule has 6 N–H and O–H groups in total. The number of hydrogen-bond donors (Lipinski definition) is 6. The Hall–Kier alpha value is -3.66. The van der Waals surface area contributed by atoms with Gasteiger partial charge >= 0.3 is 17.9 Å². The molecule has 144 valence electrons. The molecule has 0 aliphatic heterocycles. The summed E-state index contributed by atoms with van der Waals surface area (Å²) in [5, 5.41) is 47.3. The first kappa shape index (κ1) is 21.4. The molecule has 1 heterocycles. The zero-order valence-corrected chi connectivity index (χ0v) is 14.3. The van der Waals surface area contributed by atoms with Crippen LogP contribution < -0.4 is 0 Å². The number of aliphatic hydroxyl groups is 2. The Morgan fingerprint density at radius 1 is 1.26 bits per heavy atom. The van der Waals surface area contributed by atoms with Crippen molar-refractivity contribution in [1.29, 1.82) is 0 Å². The molecule has 0 fully saturated rings. The molecule has 0 radical (unpaired) electrons. The number of H-pyrrole nitrogens is 1. The lowest BCUT2D eigenvalue weighted by atomic mass is 9.94. The number of aliphatic imine (C=N–C) groups is 1. The van der Waals surface area contributed by atoms with Crippen molar-refractivity contribution in [1.82, 2.24) is 4.98 Å². The molecule has 0 aliphatic carbocycles. The van der Waals surface area contributed by atoms with Gasteiger partial charge in [0, 0.05) is 11.1 Å². The molecule has 0 amide bonds. The van der Waals surface area contributed by atoms with Gasteiger partial charge < -0.3 is 30.5 Å². The van der Waals surface area contributed by atoms with E-state index in [2.05, 4.69) is 23.3 Å². The van der Waals surface area contributed by atoms with Crippen molar-refractivity contribution in [2.45, 2.75) is 19.4 Å². The largest absolute Gasteiger partial charge is 0.506 e. The minimum absolute atomic E-state index is 0.00715. The normalized spacial score (nSPS) is 13.5. The van der Waals surface area contributed by atoms with Gasteiger partial charge in [0.1, 0.15) is 17.2 Å². The molecule has 0 bridgehead atoms. The Kier molecular flexibility index (Phi) is 6.83. The van der Waals surface area contributed by atoms with Gasteiger partial charge in [0.15, 0.2) is 0 Å². The summed E-state index contributed by atoms with van der Waals surface area (Å²) in [6.07, 6.45) is -1.06. The highest BCUT2D eigenvalue weighted by molar-refractivity contribution is 6.07. The fourth-order valence-electron chi connectivity index (χ4n) is 2.30. The number of hydrogen-bond acceptors (Lipinski definition) is 6. The molecule has 0 aliphatic rings. The van der Waals surface area contributed by atoms with Crippen molar-refractivity contribution in [3.63, 3.8) is 0 Å². The van der Waals surface area contributed by atoms with Crippen LogP contribution in [-0.2, 0) is 9.59 Å². The van der Waals surface area contributed by atoms with Crippen LogP contribution in [0.2, 0.25) is 0 Å². The molecular formula is C17H18N2O8. The van der Waals surface area contributed by atoms with Crippen molar-refractivity contribution < 1.29 is 39.9 Å². The van der Waals surface area contributed by atoms with Gasteiger partial charge in [0.25, 0.3) is 0 Å². The average molecular weight is 378 g/mol. The Morgan fingerprint density at radius 3 is 2.22 bits per heavy atom. The van der Waals surface area contributed by atoms with Crippen molar-refractivity contribution in [2.75, 3.05) is 0 Å². The van der Waals surface area contributed by atoms with Crippen LogP contribution in [0.15, 0.2) is 40.7 Å². The maximum absolute atomic E-state index is 11.7. The van der Waals surface area contributed by atoms with Gasteiger partial charge in [-0.15, -0.1) is 0 Å². The second kappa shape index (κ2) is 8.63. The quantitative estimate of drug-likeness (QED) is 0.163. The second-order valence-electron chi connectivity index (χ2n) is 5.34. The third-order valence-corrected chi connectivity index (χ3v) is 3.43. The monoisotopic (exact) mass is 378 g/mol. The summed E-state index contributed by atoms with van der Waals surface area (Å²) < 4.78 is 0. The van der Waals surface area contributed by atoms with E-state index in [4.69, 9.17) is 5.11 Å². The molecule has 0 spiro atoms. The summed E-state index contributed by atoms with van der Waals surface area (Å²) in [6, 6.07) is 1.08. The highest BCUT2D eigenvalue weighted by Crippen LogP contribution is 2.35. The van der Waals surface area contributed by atoms with Crippen LogP contribution in [0.5, 0.6) is 0 Å². The topological polar surface area (TPSA) is 181 Å². The van der Waals surface area contributed by atoms with Gasteiger partial charge in [-0.3, -0.25) is 9.79 Å². The van der Waals surface area contributed by atoms with Gasteiger partial charge in [0.05, 0.1) is 23.8 Å². The van der Waals surface area contributed by atoms with Crippen LogP contribution in [0.25, 0.3) is 5.57 Å². The summed E-state index contributed by atoms with van der Waals surface area (Å²) in [5.41, 5.74) is -1.94. The number of aromatic amines is 1. The maximum Gasteiger partial charge on any atom is 0.352 e. The molecule has 1 aromatic heterocycles. The van der Waals surface area contributed by atoms with Gasteiger partial charge in [-0.2, -0.15) is 0 Å². The van der Waals surface area contributed by atoms with Crippen LogP contribution in [0.4, 0.5) is 0 Å². The molecule has 1 rings (SSSR count). The van der Waals surface area contributed by atoms with E-state index >= 15 is 0 Å². The van der Waals surface area contributed by atoms with E-state index in [1.54, 1.807) is 0 Å². The summed E-state index contributed by atoms with van der Waals surface area (Å²) in [7, 11) is 0. The molecule has 1 unspecified atom stereocenters. The van der Waals surface area contributed by atoms with Crippen LogP contribution in [0.1, 0.15) is 41.2 Å². The van der Waals surface area contributed by atoms with E-state index in [-0.39, 0.29) is 22.5 Å². The highest BCUT2D eigenvalue weighted by Gasteiger charge is 2.27. The average Bonchev–Trinajstić information content (AvgIpc) is 2.98. The van der Waals surface area contributed by atoms with Gasteiger partial charge in [-0.05, 0) is 19.7 Å². The van der Waals surface area contributed by atoms with Gasteiger partial charge in [-0.1, -0.05) is 12.7 Å².